The van der Waals surface area contributed by atoms with Crippen molar-refractivity contribution in [2.24, 2.45) is 5.73 Å². The van der Waals surface area contributed by atoms with Crippen molar-refractivity contribution in [1.82, 2.24) is 19.7 Å². The normalized spacial score (nSPS) is 11.3. The Morgan fingerprint density at radius 1 is 1.20 bits per heavy atom. The van der Waals surface area contributed by atoms with Crippen molar-refractivity contribution in [3.63, 3.8) is 0 Å². The molecule has 0 radical (unpaired) electrons. The number of halogens is 3. The molecule has 3 heterocycles. The van der Waals surface area contributed by atoms with Gasteiger partial charge in [0.05, 0.1) is 29.0 Å². The minimum atomic E-state index is -4.86. The third kappa shape index (κ3) is 4.65. The second-order valence-corrected chi connectivity index (χ2v) is 7.52. The molecular formula is C23H16F3N7O2. The third-order valence-corrected chi connectivity index (χ3v) is 5.20. The van der Waals surface area contributed by atoms with Gasteiger partial charge in [-0.15, -0.1) is 0 Å². The Balaban J connectivity index is 1.75. The lowest BCUT2D eigenvalue weighted by Gasteiger charge is -2.11. The molecule has 3 aromatic heterocycles. The zero-order valence-electron chi connectivity index (χ0n) is 18.1. The van der Waals surface area contributed by atoms with E-state index in [1.807, 2.05) is 6.07 Å². The Hall–Kier alpha value is -4.79. The molecule has 0 aliphatic heterocycles. The minimum Gasteiger partial charge on any atom is -0.364 e. The molecule has 0 saturated carbocycles. The average molecular weight is 479 g/mol. The lowest BCUT2D eigenvalue weighted by molar-refractivity contribution is -0.140. The number of carbonyl (C=O) groups excluding carboxylic acids is 2. The van der Waals surface area contributed by atoms with Gasteiger partial charge >= 0.3 is 6.18 Å². The molecule has 0 aliphatic carbocycles. The highest BCUT2D eigenvalue weighted by Crippen LogP contribution is 2.36. The molecular weight excluding hydrogens is 463 g/mol. The number of nitrogens with two attached hydrogens (primary N) is 1. The minimum absolute atomic E-state index is 0.0449. The van der Waals surface area contributed by atoms with E-state index in [1.54, 1.807) is 30.3 Å². The SMILES string of the molecule is Cc1c(NC(=O)c2cc(C(N)=O)nc3ccccc23)c(C(F)(F)F)nn1Cc1ccc(C#N)nc1. The fraction of sp³-hybridized carbons (Fsp3) is 0.130. The molecule has 0 aliphatic rings. The smallest absolute Gasteiger partial charge is 0.364 e. The van der Waals surface area contributed by atoms with E-state index in [0.717, 1.165) is 10.7 Å². The van der Waals surface area contributed by atoms with E-state index >= 15 is 0 Å². The van der Waals surface area contributed by atoms with Crippen LogP contribution in [-0.2, 0) is 12.7 Å². The number of para-hydroxylation sites is 1. The van der Waals surface area contributed by atoms with Crippen LogP contribution in [0.4, 0.5) is 18.9 Å². The number of nitriles is 1. The Morgan fingerprint density at radius 3 is 2.57 bits per heavy atom. The van der Waals surface area contributed by atoms with Gasteiger partial charge in [-0.1, -0.05) is 24.3 Å². The van der Waals surface area contributed by atoms with E-state index in [2.05, 4.69) is 20.4 Å². The Morgan fingerprint density at radius 2 is 1.94 bits per heavy atom. The number of nitrogens with zero attached hydrogens (tertiary/aromatic N) is 5. The van der Waals surface area contributed by atoms with Gasteiger partial charge in [0.25, 0.3) is 11.8 Å². The first-order valence-corrected chi connectivity index (χ1v) is 10.1. The monoisotopic (exact) mass is 479 g/mol. The number of rotatable bonds is 5. The highest BCUT2D eigenvalue weighted by Gasteiger charge is 2.39. The van der Waals surface area contributed by atoms with Gasteiger partial charge in [-0.2, -0.15) is 23.5 Å². The fourth-order valence-electron chi connectivity index (χ4n) is 3.48. The first-order valence-electron chi connectivity index (χ1n) is 10.1. The molecule has 0 atom stereocenters. The van der Waals surface area contributed by atoms with Crippen LogP contribution in [0.25, 0.3) is 10.9 Å². The summed E-state index contributed by atoms with van der Waals surface area (Å²) >= 11 is 0. The topological polar surface area (TPSA) is 140 Å². The summed E-state index contributed by atoms with van der Waals surface area (Å²) in [5.41, 5.74) is 4.23. The van der Waals surface area contributed by atoms with Crippen molar-refractivity contribution in [2.45, 2.75) is 19.6 Å². The van der Waals surface area contributed by atoms with Gasteiger partial charge in [-0.05, 0) is 30.7 Å². The van der Waals surface area contributed by atoms with Crippen molar-refractivity contribution >= 4 is 28.4 Å². The van der Waals surface area contributed by atoms with Crippen LogP contribution in [0.3, 0.4) is 0 Å². The van der Waals surface area contributed by atoms with Crippen LogP contribution in [0, 0.1) is 18.3 Å². The van der Waals surface area contributed by atoms with E-state index in [9.17, 15) is 22.8 Å². The van der Waals surface area contributed by atoms with Crippen LogP contribution in [0.2, 0.25) is 0 Å². The number of pyridine rings is 2. The summed E-state index contributed by atoms with van der Waals surface area (Å²) in [6.45, 7) is 1.31. The molecule has 12 heteroatoms. The molecule has 0 spiro atoms. The maximum Gasteiger partial charge on any atom is 0.437 e. The quantitative estimate of drug-likeness (QED) is 0.450. The number of benzene rings is 1. The van der Waals surface area contributed by atoms with Crippen LogP contribution >= 0.6 is 0 Å². The van der Waals surface area contributed by atoms with Crippen molar-refractivity contribution in [1.29, 1.82) is 5.26 Å². The Bertz CT molecular complexity index is 1500. The second-order valence-electron chi connectivity index (χ2n) is 7.52. The lowest BCUT2D eigenvalue weighted by Crippen LogP contribution is -2.19. The number of amides is 2. The molecule has 35 heavy (non-hydrogen) atoms. The number of primary amides is 1. The van der Waals surface area contributed by atoms with E-state index in [0.29, 0.717) is 10.9 Å². The number of aromatic nitrogens is 4. The highest BCUT2D eigenvalue weighted by atomic mass is 19.4. The second kappa shape index (κ2) is 8.86. The first-order chi connectivity index (χ1) is 16.6. The predicted octanol–water partition coefficient (Wildman–Crippen LogP) is 3.42. The third-order valence-electron chi connectivity index (χ3n) is 5.20. The summed E-state index contributed by atoms with van der Waals surface area (Å²) in [6.07, 6.45) is -3.50. The van der Waals surface area contributed by atoms with Crippen molar-refractivity contribution in [3.05, 3.63) is 82.6 Å². The summed E-state index contributed by atoms with van der Waals surface area (Å²) in [5.74, 6) is -1.78. The molecule has 0 saturated heterocycles. The van der Waals surface area contributed by atoms with Crippen LogP contribution in [-0.4, -0.2) is 31.6 Å². The molecule has 0 bridgehead atoms. The van der Waals surface area contributed by atoms with E-state index in [4.69, 9.17) is 11.0 Å². The summed E-state index contributed by atoms with van der Waals surface area (Å²) in [6, 6.07) is 12.3. The van der Waals surface area contributed by atoms with Crippen molar-refractivity contribution in [2.75, 3.05) is 5.32 Å². The first kappa shape index (κ1) is 23.4. The van der Waals surface area contributed by atoms with Crippen molar-refractivity contribution in [3.8, 4) is 6.07 Å². The summed E-state index contributed by atoms with van der Waals surface area (Å²) in [5, 5.41) is 15.2. The van der Waals surface area contributed by atoms with Crippen LogP contribution in [0.5, 0.6) is 0 Å². The van der Waals surface area contributed by atoms with E-state index in [1.165, 1.54) is 19.2 Å². The largest absolute Gasteiger partial charge is 0.437 e. The lowest BCUT2D eigenvalue weighted by atomic mass is 10.1. The molecule has 0 fully saturated rings. The molecule has 1 aromatic carbocycles. The van der Waals surface area contributed by atoms with Gasteiger partial charge in [-0.3, -0.25) is 14.3 Å². The van der Waals surface area contributed by atoms with Gasteiger partial charge < -0.3 is 11.1 Å². The zero-order valence-corrected chi connectivity index (χ0v) is 18.1. The number of alkyl halides is 3. The number of hydrogen-bond acceptors (Lipinski definition) is 6. The molecule has 4 rings (SSSR count). The molecule has 9 nitrogen and oxygen atoms in total. The van der Waals surface area contributed by atoms with Crippen molar-refractivity contribution < 1.29 is 22.8 Å². The van der Waals surface area contributed by atoms with E-state index in [-0.39, 0.29) is 34.7 Å². The maximum atomic E-state index is 13.8. The summed E-state index contributed by atoms with van der Waals surface area (Å²) in [7, 11) is 0. The highest BCUT2D eigenvalue weighted by molar-refractivity contribution is 6.14. The molecule has 3 N–H and O–H groups in total. The van der Waals surface area contributed by atoms with Gasteiger partial charge in [0, 0.05) is 11.6 Å². The maximum absolute atomic E-state index is 13.8. The summed E-state index contributed by atoms with van der Waals surface area (Å²) < 4.78 is 42.5. The van der Waals surface area contributed by atoms with Crippen LogP contribution in [0.1, 0.15) is 43.5 Å². The molecule has 4 aromatic rings. The predicted molar refractivity (Wildman–Crippen MR) is 118 cm³/mol. The zero-order chi connectivity index (χ0) is 25.3. The van der Waals surface area contributed by atoms with Gasteiger partial charge in [0.1, 0.15) is 17.5 Å². The number of carbonyl (C=O) groups is 2. The van der Waals surface area contributed by atoms with Crippen LogP contribution < -0.4 is 11.1 Å². The number of hydrogen-bond donors (Lipinski definition) is 2. The number of nitrogens with one attached hydrogen (secondary N) is 1. The molecule has 0 unspecified atom stereocenters. The van der Waals surface area contributed by atoms with E-state index < -0.39 is 29.4 Å². The van der Waals surface area contributed by atoms with Gasteiger partial charge in [0.15, 0.2) is 5.69 Å². The summed E-state index contributed by atoms with van der Waals surface area (Å²) in [4.78, 5) is 32.8. The average Bonchev–Trinajstić information content (AvgIpc) is 3.14. The number of anilines is 1. The fourth-order valence-corrected chi connectivity index (χ4v) is 3.48. The number of fused-ring (bicyclic) bond motifs is 1. The van der Waals surface area contributed by atoms with Crippen LogP contribution in [0.15, 0.2) is 48.7 Å². The standard InChI is InChI=1S/C23H16F3N7O2/c1-12-19(20(23(24,25)26)32-33(12)11-13-6-7-14(9-27)29-10-13)31-22(35)16-8-18(21(28)34)30-17-5-3-2-4-15(16)17/h2-8,10H,11H2,1H3,(H2,28,34)(H,31,35). The Labute approximate surface area is 196 Å². The Kier molecular flexibility index (Phi) is 5.92. The molecule has 2 amide bonds. The molecule has 176 valence electrons. The van der Waals surface area contributed by atoms with Gasteiger partial charge in [-0.25, -0.2) is 9.97 Å². The van der Waals surface area contributed by atoms with Gasteiger partial charge in [0.2, 0.25) is 0 Å².